The summed E-state index contributed by atoms with van der Waals surface area (Å²) in [4.78, 5) is 17.0. The molecule has 8 heteroatoms. The maximum atomic E-state index is 10.6. The van der Waals surface area contributed by atoms with Gasteiger partial charge in [0.05, 0.1) is 69.9 Å². The number of para-hydroxylation sites is 3. The molecule has 0 aliphatic rings. The van der Waals surface area contributed by atoms with Crippen LogP contribution in [0.4, 0.5) is 11.4 Å². The van der Waals surface area contributed by atoms with Gasteiger partial charge in [-0.05, 0) is 101 Å². The first kappa shape index (κ1) is 41.1. The maximum Gasteiger partial charge on any atom is 0.187 e. The van der Waals surface area contributed by atoms with Gasteiger partial charge in [0.2, 0.25) is 0 Å². The van der Waals surface area contributed by atoms with Crippen LogP contribution in [0.25, 0.3) is 121 Å². The van der Waals surface area contributed by atoms with E-state index in [1.165, 1.54) is 21.8 Å². The standard InChI is InChI=1S/C62H34N8/c1-65-47-13-9-11-42(33-47)56-36-55(67-62(68-56)43-12-10-14-48(34-43)66-2)40-21-23-41(24-22-40)61-45(37-63)31-44(32-46(61)38-64)39-25-27-49(28-26-39)69-59-20-8-5-17-53(59)54-35-50(29-30-60(54)69)70-57-18-6-3-15-51(57)52-16-4-7-19-58(52)70/h3-36H. The highest BCUT2D eigenvalue weighted by Crippen LogP contribution is 2.39. The van der Waals surface area contributed by atoms with Crippen LogP contribution in [-0.4, -0.2) is 19.1 Å². The molecule has 0 atom stereocenters. The zero-order chi connectivity index (χ0) is 47.3. The predicted molar refractivity (Wildman–Crippen MR) is 280 cm³/mol. The lowest BCUT2D eigenvalue weighted by molar-refractivity contribution is 1.17. The minimum absolute atomic E-state index is 0.387. The van der Waals surface area contributed by atoms with Crippen molar-refractivity contribution in [1.82, 2.24) is 19.1 Å². The van der Waals surface area contributed by atoms with Crippen molar-refractivity contribution in [2.24, 2.45) is 0 Å². The normalized spacial score (nSPS) is 11.1. The first-order chi connectivity index (χ1) is 34.5. The van der Waals surface area contributed by atoms with Crippen LogP contribution in [0.5, 0.6) is 0 Å². The van der Waals surface area contributed by atoms with Crippen LogP contribution in [0.15, 0.2) is 206 Å². The molecule has 0 aliphatic carbocycles. The molecule has 0 bridgehead atoms. The van der Waals surface area contributed by atoms with Gasteiger partial charge < -0.3 is 9.13 Å². The molecule has 322 valence electrons. The molecule has 0 spiro atoms. The van der Waals surface area contributed by atoms with Crippen molar-refractivity contribution in [3.05, 3.63) is 240 Å². The fourth-order valence-corrected chi connectivity index (χ4v) is 9.81. The van der Waals surface area contributed by atoms with Gasteiger partial charge in [0.25, 0.3) is 0 Å². The topological polar surface area (TPSA) is 91.9 Å². The maximum absolute atomic E-state index is 10.6. The van der Waals surface area contributed by atoms with Crippen molar-refractivity contribution in [2.45, 2.75) is 0 Å². The van der Waals surface area contributed by atoms with Gasteiger partial charge in [-0.3, -0.25) is 0 Å². The molecule has 8 nitrogen and oxygen atoms in total. The Bertz CT molecular complexity index is 4120. The van der Waals surface area contributed by atoms with Crippen molar-refractivity contribution in [2.75, 3.05) is 0 Å². The van der Waals surface area contributed by atoms with Crippen LogP contribution in [0.2, 0.25) is 0 Å². The number of hydrogen-bond donors (Lipinski definition) is 0. The van der Waals surface area contributed by atoms with Crippen molar-refractivity contribution >= 4 is 55.0 Å². The Hall–Kier alpha value is -10.4. The summed E-state index contributed by atoms with van der Waals surface area (Å²) in [6.45, 7) is 15.1. The van der Waals surface area contributed by atoms with Gasteiger partial charge in [-0.2, -0.15) is 10.5 Å². The molecule has 0 saturated heterocycles. The highest BCUT2D eigenvalue weighted by atomic mass is 15.0. The molecule has 12 rings (SSSR count). The van der Waals surface area contributed by atoms with Crippen LogP contribution in [0.1, 0.15) is 11.1 Å². The average molecular weight is 891 g/mol. The second kappa shape index (κ2) is 16.8. The fourth-order valence-electron chi connectivity index (χ4n) is 9.81. The number of benzene rings is 9. The van der Waals surface area contributed by atoms with Gasteiger partial charge in [-0.25, -0.2) is 19.7 Å². The van der Waals surface area contributed by atoms with Crippen molar-refractivity contribution in [3.8, 4) is 79.7 Å². The molecule has 9 aromatic carbocycles. The number of fused-ring (bicyclic) bond motifs is 6. The Morgan fingerprint density at radius 1 is 0.371 bits per heavy atom. The van der Waals surface area contributed by atoms with E-state index in [9.17, 15) is 10.5 Å². The SMILES string of the molecule is [C-]#[N+]c1cccc(-c2cc(-c3ccc(-c4c(C#N)cc(-c5ccc(-n6c7ccccc7c7cc(-n8c9ccccc9c9ccccc98)ccc76)cc5)cc4C#N)cc3)nc(-c3cccc([N+]#[C-])c3)n2)c1. The summed E-state index contributed by atoms with van der Waals surface area (Å²) in [5.74, 6) is 0.442. The quantitative estimate of drug-likeness (QED) is 0.149. The molecule has 0 amide bonds. The van der Waals surface area contributed by atoms with E-state index in [1.54, 1.807) is 24.3 Å². The van der Waals surface area contributed by atoms with Crippen molar-refractivity contribution < 1.29 is 0 Å². The molecule has 70 heavy (non-hydrogen) atoms. The lowest BCUT2D eigenvalue weighted by Gasteiger charge is -2.13. The second-order valence-electron chi connectivity index (χ2n) is 17.0. The molecule has 0 N–H and O–H groups in total. The summed E-state index contributed by atoms with van der Waals surface area (Å²) < 4.78 is 4.64. The smallest absolute Gasteiger partial charge is 0.187 e. The zero-order valence-corrected chi connectivity index (χ0v) is 37.2. The van der Waals surface area contributed by atoms with Crippen LogP contribution in [-0.2, 0) is 0 Å². The predicted octanol–water partition coefficient (Wildman–Crippen LogP) is 15.9. The monoisotopic (exact) mass is 890 g/mol. The third-order valence-electron chi connectivity index (χ3n) is 13.0. The van der Waals surface area contributed by atoms with E-state index < -0.39 is 0 Å². The number of rotatable bonds is 7. The van der Waals surface area contributed by atoms with Gasteiger partial charge >= 0.3 is 0 Å². The minimum Gasteiger partial charge on any atom is -0.309 e. The minimum atomic E-state index is 0.387. The zero-order valence-electron chi connectivity index (χ0n) is 37.2. The van der Waals surface area contributed by atoms with Gasteiger partial charge in [0.15, 0.2) is 17.2 Å². The van der Waals surface area contributed by atoms with E-state index in [-0.39, 0.29) is 0 Å². The Morgan fingerprint density at radius 2 is 0.843 bits per heavy atom. The summed E-state index contributed by atoms with van der Waals surface area (Å²) in [6.07, 6.45) is 0. The van der Waals surface area contributed by atoms with Crippen LogP contribution in [0.3, 0.4) is 0 Å². The number of aromatic nitrogens is 4. The molecular formula is C62H34N8. The molecule has 3 heterocycles. The summed E-state index contributed by atoms with van der Waals surface area (Å²) >= 11 is 0. The van der Waals surface area contributed by atoms with E-state index in [1.807, 2.05) is 66.7 Å². The number of nitrogens with zero attached hydrogens (tertiary/aromatic N) is 8. The van der Waals surface area contributed by atoms with E-state index in [0.29, 0.717) is 50.8 Å². The molecule has 3 aromatic heterocycles. The summed E-state index contributed by atoms with van der Waals surface area (Å²) in [6, 6.07) is 73.1. The fraction of sp³-hybridized carbons (Fsp3) is 0. The van der Waals surface area contributed by atoms with Gasteiger partial charge in [0, 0.05) is 49.6 Å². The van der Waals surface area contributed by atoms with E-state index in [2.05, 4.69) is 146 Å². The van der Waals surface area contributed by atoms with Gasteiger partial charge in [0.1, 0.15) is 0 Å². The number of hydrogen-bond acceptors (Lipinski definition) is 4. The summed E-state index contributed by atoms with van der Waals surface area (Å²) in [7, 11) is 0. The first-order valence-corrected chi connectivity index (χ1v) is 22.6. The third-order valence-corrected chi connectivity index (χ3v) is 13.0. The third kappa shape index (κ3) is 6.90. The second-order valence-corrected chi connectivity index (χ2v) is 17.0. The van der Waals surface area contributed by atoms with Crippen LogP contribution < -0.4 is 0 Å². The Labute approximate surface area is 402 Å². The average Bonchev–Trinajstić information content (AvgIpc) is 3.95. The summed E-state index contributed by atoms with van der Waals surface area (Å²) in [5, 5.41) is 25.9. The molecular weight excluding hydrogens is 857 g/mol. The van der Waals surface area contributed by atoms with Crippen molar-refractivity contribution in [1.29, 1.82) is 10.5 Å². The molecule has 0 fully saturated rings. The Balaban J connectivity index is 0.888. The largest absolute Gasteiger partial charge is 0.309 e. The van der Waals surface area contributed by atoms with E-state index >= 15 is 0 Å². The van der Waals surface area contributed by atoms with Crippen LogP contribution >= 0.6 is 0 Å². The van der Waals surface area contributed by atoms with Crippen molar-refractivity contribution in [3.63, 3.8) is 0 Å². The lowest BCUT2D eigenvalue weighted by Crippen LogP contribution is -1.97. The first-order valence-electron chi connectivity index (χ1n) is 22.6. The number of nitriles is 2. The lowest BCUT2D eigenvalue weighted by atomic mass is 9.90. The van der Waals surface area contributed by atoms with Gasteiger partial charge in [-0.1, -0.05) is 127 Å². The Morgan fingerprint density at radius 3 is 1.43 bits per heavy atom. The van der Waals surface area contributed by atoms with Crippen LogP contribution in [0, 0.1) is 35.8 Å². The molecule has 0 saturated carbocycles. The molecule has 12 aromatic rings. The highest BCUT2D eigenvalue weighted by Gasteiger charge is 2.19. The van der Waals surface area contributed by atoms with E-state index in [4.69, 9.17) is 23.1 Å². The van der Waals surface area contributed by atoms with Gasteiger partial charge in [-0.15, -0.1) is 0 Å². The summed E-state index contributed by atoms with van der Waals surface area (Å²) in [5.41, 5.74) is 14.8. The molecule has 0 aliphatic heterocycles. The molecule has 0 radical (unpaired) electrons. The molecule has 0 unspecified atom stereocenters. The Kier molecular flexibility index (Phi) is 9.86. The van der Waals surface area contributed by atoms with E-state index in [0.717, 1.165) is 61.0 Å². The highest BCUT2D eigenvalue weighted by molar-refractivity contribution is 6.12.